The molecule has 1 heterocycles. The molecule has 0 radical (unpaired) electrons. The average molecular weight is 429 g/mol. The first kappa shape index (κ1) is 16.4. The largest absolute Gasteiger partial charge is 0.458 e. The van der Waals surface area contributed by atoms with E-state index in [2.05, 4.69) is 43.5 Å². The fourth-order valence-corrected chi connectivity index (χ4v) is 3.07. The molecule has 1 aromatic heterocycles. The van der Waals surface area contributed by atoms with Crippen molar-refractivity contribution in [2.24, 2.45) is 5.73 Å². The van der Waals surface area contributed by atoms with E-state index in [4.69, 9.17) is 10.5 Å². The number of carbonyl (C=O) groups is 2. The SMILES string of the molecule is C=CCOC(=O)c1cnn(-c2cc(Br)cc(Br)c2)c1C(N)=O. The summed E-state index contributed by atoms with van der Waals surface area (Å²) in [4.78, 5) is 23.7. The van der Waals surface area contributed by atoms with E-state index in [1.807, 2.05) is 6.07 Å². The first-order valence-corrected chi connectivity index (χ1v) is 7.65. The molecule has 0 spiro atoms. The molecule has 22 heavy (non-hydrogen) atoms. The smallest absolute Gasteiger partial charge is 0.342 e. The highest BCUT2D eigenvalue weighted by Gasteiger charge is 2.23. The third kappa shape index (κ3) is 3.45. The number of rotatable bonds is 5. The van der Waals surface area contributed by atoms with Gasteiger partial charge in [-0.15, -0.1) is 0 Å². The minimum atomic E-state index is -0.779. The van der Waals surface area contributed by atoms with Gasteiger partial charge in [0.2, 0.25) is 0 Å². The van der Waals surface area contributed by atoms with Crippen molar-refractivity contribution >= 4 is 43.7 Å². The molecule has 114 valence electrons. The Kier molecular flexibility index (Phi) is 5.15. The number of amides is 1. The first-order valence-electron chi connectivity index (χ1n) is 6.06. The molecule has 0 aliphatic carbocycles. The van der Waals surface area contributed by atoms with Crippen LogP contribution in [-0.4, -0.2) is 28.3 Å². The van der Waals surface area contributed by atoms with Gasteiger partial charge >= 0.3 is 5.97 Å². The van der Waals surface area contributed by atoms with Crippen LogP contribution in [0.1, 0.15) is 20.8 Å². The summed E-state index contributed by atoms with van der Waals surface area (Å²) in [6, 6.07) is 5.31. The minimum Gasteiger partial charge on any atom is -0.458 e. The van der Waals surface area contributed by atoms with Crippen LogP contribution in [0.3, 0.4) is 0 Å². The van der Waals surface area contributed by atoms with Crippen LogP contribution in [0.2, 0.25) is 0 Å². The van der Waals surface area contributed by atoms with E-state index in [1.165, 1.54) is 17.0 Å². The predicted molar refractivity (Wildman–Crippen MR) is 88.0 cm³/mol. The highest BCUT2D eigenvalue weighted by molar-refractivity contribution is 9.11. The Hall–Kier alpha value is -1.93. The van der Waals surface area contributed by atoms with Crippen molar-refractivity contribution in [3.63, 3.8) is 0 Å². The van der Waals surface area contributed by atoms with E-state index < -0.39 is 11.9 Å². The molecule has 1 amide bonds. The van der Waals surface area contributed by atoms with Crippen molar-refractivity contribution in [1.29, 1.82) is 0 Å². The fraction of sp³-hybridized carbons (Fsp3) is 0.0714. The van der Waals surface area contributed by atoms with Crippen LogP contribution in [-0.2, 0) is 4.74 Å². The number of benzene rings is 1. The summed E-state index contributed by atoms with van der Waals surface area (Å²) < 4.78 is 7.78. The van der Waals surface area contributed by atoms with Gasteiger partial charge in [0.15, 0.2) is 0 Å². The normalized spacial score (nSPS) is 10.3. The van der Waals surface area contributed by atoms with Crippen molar-refractivity contribution in [1.82, 2.24) is 9.78 Å². The van der Waals surface area contributed by atoms with Crippen LogP contribution in [0.5, 0.6) is 0 Å². The van der Waals surface area contributed by atoms with Gasteiger partial charge in [-0.2, -0.15) is 5.10 Å². The number of hydrogen-bond acceptors (Lipinski definition) is 4. The van der Waals surface area contributed by atoms with Gasteiger partial charge in [0.1, 0.15) is 17.9 Å². The minimum absolute atomic E-state index is 0.00504. The highest BCUT2D eigenvalue weighted by atomic mass is 79.9. The van der Waals surface area contributed by atoms with Crippen molar-refractivity contribution in [3.05, 3.63) is 57.3 Å². The van der Waals surface area contributed by atoms with Gasteiger partial charge in [-0.1, -0.05) is 44.5 Å². The number of primary amides is 1. The third-order valence-corrected chi connectivity index (χ3v) is 3.56. The van der Waals surface area contributed by atoms with Gasteiger partial charge in [0, 0.05) is 8.95 Å². The quantitative estimate of drug-likeness (QED) is 0.585. The number of hydrogen-bond donors (Lipinski definition) is 1. The monoisotopic (exact) mass is 427 g/mol. The second kappa shape index (κ2) is 6.89. The van der Waals surface area contributed by atoms with Gasteiger partial charge in [-0.25, -0.2) is 9.48 Å². The summed E-state index contributed by atoms with van der Waals surface area (Å²) in [5.74, 6) is -1.46. The number of carbonyl (C=O) groups excluding carboxylic acids is 2. The zero-order valence-corrected chi connectivity index (χ0v) is 14.4. The van der Waals surface area contributed by atoms with Gasteiger partial charge in [0.25, 0.3) is 5.91 Å². The lowest BCUT2D eigenvalue weighted by Crippen LogP contribution is -2.21. The molecule has 2 rings (SSSR count). The van der Waals surface area contributed by atoms with E-state index in [0.717, 1.165) is 8.95 Å². The third-order valence-electron chi connectivity index (χ3n) is 2.65. The van der Waals surface area contributed by atoms with E-state index >= 15 is 0 Å². The number of halogens is 2. The molecule has 0 bridgehead atoms. The standard InChI is InChI=1S/C14H11Br2N3O3/c1-2-3-22-14(21)11-7-18-19(12(11)13(17)20)10-5-8(15)4-9(16)6-10/h2,4-7H,1,3H2,(H2,17,20). The molecule has 2 N–H and O–H groups in total. The second-order valence-corrected chi connectivity index (χ2v) is 6.03. The van der Waals surface area contributed by atoms with Crippen molar-refractivity contribution in [2.75, 3.05) is 6.61 Å². The lowest BCUT2D eigenvalue weighted by Gasteiger charge is -2.08. The van der Waals surface area contributed by atoms with Gasteiger partial charge < -0.3 is 10.5 Å². The topological polar surface area (TPSA) is 87.2 Å². The number of esters is 1. The lowest BCUT2D eigenvalue weighted by atomic mass is 10.2. The number of nitrogens with two attached hydrogens (primary N) is 1. The second-order valence-electron chi connectivity index (χ2n) is 4.20. The summed E-state index contributed by atoms with van der Waals surface area (Å²) in [6.07, 6.45) is 2.68. The van der Waals surface area contributed by atoms with Crippen LogP contribution in [0.4, 0.5) is 0 Å². The average Bonchev–Trinajstić information content (AvgIpc) is 2.88. The molecule has 6 nitrogen and oxygen atoms in total. The van der Waals surface area contributed by atoms with Gasteiger partial charge in [-0.3, -0.25) is 4.79 Å². The zero-order valence-electron chi connectivity index (χ0n) is 11.3. The predicted octanol–water partition coefficient (Wildman–Crippen LogP) is 2.84. The van der Waals surface area contributed by atoms with Crippen LogP contribution in [0.25, 0.3) is 5.69 Å². The van der Waals surface area contributed by atoms with Crippen LogP contribution < -0.4 is 5.73 Å². The molecule has 0 aliphatic rings. The van der Waals surface area contributed by atoms with E-state index in [0.29, 0.717) is 5.69 Å². The summed E-state index contributed by atoms with van der Waals surface area (Å²) in [7, 11) is 0. The zero-order chi connectivity index (χ0) is 16.3. The molecule has 0 saturated heterocycles. The summed E-state index contributed by atoms with van der Waals surface area (Å²) in [5, 5.41) is 4.07. The molecular formula is C14H11Br2N3O3. The molecule has 2 aromatic rings. The Labute approximate surface area is 143 Å². The summed E-state index contributed by atoms with van der Waals surface area (Å²) >= 11 is 6.70. The Balaban J connectivity index is 2.53. The number of ether oxygens (including phenoxy) is 1. The molecule has 0 aliphatic heterocycles. The number of nitrogens with zero attached hydrogens (tertiary/aromatic N) is 2. The van der Waals surface area contributed by atoms with Crippen molar-refractivity contribution < 1.29 is 14.3 Å². The maximum absolute atomic E-state index is 12.0. The Morgan fingerprint density at radius 3 is 2.50 bits per heavy atom. The first-order chi connectivity index (χ1) is 10.4. The molecule has 0 atom stereocenters. The van der Waals surface area contributed by atoms with Gasteiger partial charge in [0.05, 0.1) is 11.9 Å². The Morgan fingerprint density at radius 1 is 1.32 bits per heavy atom. The molecule has 8 heteroatoms. The van der Waals surface area contributed by atoms with E-state index in [9.17, 15) is 9.59 Å². The molecule has 0 unspecified atom stereocenters. The highest BCUT2D eigenvalue weighted by Crippen LogP contribution is 2.24. The van der Waals surface area contributed by atoms with Gasteiger partial charge in [-0.05, 0) is 18.2 Å². The number of aromatic nitrogens is 2. The Bertz CT molecular complexity index is 736. The molecule has 0 saturated carbocycles. The van der Waals surface area contributed by atoms with E-state index in [-0.39, 0.29) is 17.9 Å². The summed E-state index contributed by atoms with van der Waals surface area (Å²) in [6.45, 7) is 3.49. The molecular weight excluding hydrogens is 418 g/mol. The van der Waals surface area contributed by atoms with Crippen LogP contribution in [0.15, 0.2) is 46.0 Å². The lowest BCUT2D eigenvalue weighted by molar-refractivity contribution is 0.0546. The van der Waals surface area contributed by atoms with Crippen LogP contribution >= 0.6 is 31.9 Å². The van der Waals surface area contributed by atoms with Crippen LogP contribution in [0, 0.1) is 0 Å². The maximum Gasteiger partial charge on any atom is 0.342 e. The Morgan fingerprint density at radius 2 is 1.95 bits per heavy atom. The fourth-order valence-electron chi connectivity index (χ4n) is 1.80. The molecule has 1 aromatic carbocycles. The maximum atomic E-state index is 12.0. The van der Waals surface area contributed by atoms with Crippen molar-refractivity contribution in [2.45, 2.75) is 0 Å². The summed E-state index contributed by atoms with van der Waals surface area (Å²) in [5.41, 5.74) is 5.92. The van der Waals surface area contributed by atoms with Crippen molar-refractivity contribution in [3.8, 4) is 5.69 Å². The molecule has 0 fully saturated rings. The van der Waals surface area contributed by atoms with E-state index in [1.54, 1.807) is 12.1 Å².